The Morgan fingerprint density at radius 1 is 0.581 bits per heavy atom. The highest BCUT2D eigenvalue weighted by atomic mass is 32.1. The summed E-state index contributed by atoms with van der Waals surface area (Å²) in [6.45, 7) is 0. The zero-order valence-electron chi connectivity index (χ0n) is 25.3. The van der Waals surface area contributed by atoms with E-state index in [-0.39, 0.29) is 0 Å². The average molecular weight is 571 g/mol. The van der Waals surface area contributed by atoms with E-state index < -0.39 is 6.37 Å². The molecule has 0 aliphatic heterocycles. The van der Waals surface area contributed by atoms with Crippen LogP contribution in [0.25, 0.3) is 60.4 Å². The number of aromatic nitrogens is 2. The summed E-state index contributed by atoms with van der Waals surface area (Å²) < 4.78 is 21.5. The van der Waals surface area contributed by atoms with Crippen LogP contribution in [0.1, 0.15) is 13.9 Å². The summed E-state index contributed by atoms with van der Waals surface area (Å²) in [7, 11) is 0. The number of nitrogens with zero attached hydrogens (tertiary/aromatic N) is 2. The molecule has 8 aromatic rings. The van der Waals surface area contributed by atoms with Crippen molar-refractivity contribution in [3.05, 3.63) is 168 Å². The number of hydrogen-bond donors (Lipinski definition) is 0. The topological polar surface area (TPSA) is 17.8 Å². The van der Waals surface area contributed by atoms with Gasteiger partial charge in [0.15, 0.2) is 0 Å². The van der Waals surface area contributed by atoms with Crippen molar-refractivity contribution in [3.63, 3.8) is 0 Å². The van der Waals surface area contributed by atoms with Gasteiger partial charge in [0.05, 0.1) is 16.7 Å². The van der Waals surface area contributed by atoms with Crippen molar-refractivity contribution in [3.8, 4) is 39.3 Å². The van der Waals surface area contributed by atoms with Crippen LogP contribution in [-0.2, 0) is 6.37 Å². The fourth-order valence-electron chi connectivity index (χ4n) is 5.89. The van der Waals surface area contributed by atoms with E-state index in [1.54, 1.807) is 11.3 Å². The fraction of sp³-hybridized carbons (Fsp3) is 0.0250. The van der Waals surface area contributed by atoms with E-state index >= 15 is 0 Å². The van der Waals surface area contributed by atoms with Gasteiger partial charge in [0, 0.05) is 34.9 Å². The molecule has 0 fully saturated rings. The molecule has 3 heteroatoms. The molecule has 0 spiro atoms. The van der Waals surface area contributed by atoms with Gasteiger partial charge in [-0.3, -0.25) is 4.57 Å². The Balaban J connectivity index is 1.43. The van der Waals surface area contributed by atoms with Crippen molar-refractivity contribution >= 4 is 32.5 Å². The number of para-hydroxylation sites is 3. The predicted octanol–water partition coefficient (Wildman–Crippen LogP) is 10.8. The van der Waals surface area contributed by atoms with Gasteiger partial charge in [0.2, 0.25) is 0 Å². The minimum absolute atomic E-state index is 0.623. The Bertz CT molecular complexity index is 2230. The van der Waals surface area contributed by atoms with Crippen LogP contribution in [0.5, 0.6) is 0 Å². The first-order chi connectivity index (χ1) is 22.1. The van der Waals surface area contributed by atoms with Gasteiger partial charge in [0.25, 0.3) is 0 Å². The molecule has 43 heavy (non-hydrogen) atoms. The summed E-state index contributed by atoms with van der Waals surface area (Å²) in [6.07, 6.45) is -1.64. The standard InChI is InChI=1S/C40H28N2S/c1-4-13-28(14-5-1)25-29-23-24-38-34(26-29)35(27-43-38)40-41-36-21-10-11-22-37(36)42(40)39-32(30-15-6-2-7-16-30)19-12-20-33(39)31-17-8-3-9-18-31/h1-24,26-27H,25H2/i25D2. The van der Waals surface area contributed by atoms with Gasteiger partial charge < -0.3 is 0 Å². The molecule has 6 aromatic carbocycles. The third-order valence-corrected chi connectivity index (χ3v) is 8.83. The van der Waals surface area contributed by atoms with Crippen molar-refractivity contribution < 1.29 is 2.74 Å². The molecule has 0 saturated carbocycles. The second-order valence-corrected chi connectivity index (χ2v) is 11.5. The van der Waals surface area contributed by atoms with Crippen LogP contribution >= 0.6 is 11.3 Å². The Morgan fingerprint density at radius 3 is 1.91 bits per heavy atom. The molecule has 0 saturated heterocycles. The highest BCUT2D eigenvalue weighted by Gasteiger charge is 2.23. The second-order valence-electron chi connectivity index (χ2n) is 10.5. The molecule has 2 heterocycles. The summed E-state index contributed by atoms with van der Waals surface area (Å²) in [5.74, 6) is 0.834. The molecule has 204 valence electrons. The van der Waals surface area contributed by atoms with Gasteiger partial charge in [-0.25, -0.2) is 4.98 Å². The molecule has 0 N–H and O–H groups in total. The number of benzene rings is 6. The van der Waals surface area contributed by atoms with Gasteiger partial charge >= 0.3 is 0 Å². The zero-order valence-corrected chi connectivity index (χ0v) is 24.1. The summed E-state index contributed by atoms with van der Waals surface area (Å²) in [4.78, 5) is 5.28. The molecule has 0 amide bonds. The molecular weight excluding hydrogens is 541 g/mol. The maximum atomic E-state index is 9.07. The summed E-state index contributed by atoms with van der Waals surface area (Å²) in [5.41, 5.74) is 9.71. The second kappa shape index (κ2) is 10.9. The Hall–Kier alpha value is -5.25. The van der Waals surface area contributed by atoms with Crippen molar-refractivity contribution in [2.45, 2.75) is 6.37 Å². The lowest BCUT2D eigenvalue weighted by atomic mass is 9.95. The lowest BCUT2D eigenvalue weighted by Crippen LogP contribution is -2.03. The monoisotopic (exact) mass is 570 g/mol. The Morgan fingerprint density at radius 2 is 1.21 bits per heavy atom. The van der Waals surface area contributed by atoms with Crippen LogP contribution in [0.3, 0.4) is 0 Å². The largest absolute Gasteiger partial charge is 0.291 e. The number of imidazole rings is 1. The van der Waals surface area contributed by atoms with E-state index in [1.807, 2.05) is 66.7 Å². The average Bonchev–Trinajstić information content (AvgIpc) is 3.70. The van der Waals surface area contributed by atoms with Gasteiger partial charge in [-0.05, 0) is 52.9 Å². The zero-order chi connectivity index (χ0) is 30.4. The van der Waals surface area contributed by atoms with Crippen LogP contribution < -0.4 is 0 Å². The smallest absolute Gasteiger partial charge is 0.147 e. The van der Waals surface area contributed by atoms with E-state index in [9.17, 15) is 0 Å². The maximum Gasteiger partial charge on any atom is 0.147 e. The van der Waals surface area contributed by atoms with E-state index in [0.717, 1.165) is 60.4 Å². The summed E-state index contributed by atoms with van der Waals surface area (Å²) in [6, 6.07) is 51.2. The first kappa shape index (κ1) is 23.3. The van der Waals surface area contributed by atoms with E-state index in [1.165, 1.54) is 0 Å². The number of thiophene rings is 1. The van der Waals surface area contributed by atoms with Crippen LogP contribution in [0.15, 0.2) is 157 Å². The van der Waals surface area contributed by atoms with Crippen LogP contribution in [-0.4, -0.2) is 9.55 Å². The van der Waals surface area contributed by atoms with Gasteiger partial charge in [-0.2, -0.15) is 0 Å². The third-order valence-electron chi connectivity index (χ3n) is 7.87. The van der Waals surface area contributed by atoms with Crippen molar-refractivity contribution in [1.82, 2.24) is 9.55 Å². The minimum Gasteiger partial charge on any atom is -0.291 e. The summed E-state index contributed by atoms with van der Waals surface area (Å²) in [5, 5.41) is 3.16. The molecular formula is C40H28N2S. The number of fused-ring (bicyclic) bond motifs is 2. The van der Waals surface area contributed by atoms with Crippen molar-refractivity contribution in [2.24, 2.45) is 0 Å². The molecule has 2 nitrogen and oxygen atoms in total. The molecule has 0 aliphatic carbocycles. The number of rotatable bonds is 6. The van der Waals surface area contributed by atoms with Crippen LogP contribution in [0.4, 0.5) is 0 Å². The highest BCUT2D eigenvalue weighted by molar-refractivity contribution is 7.17. The molecule has 2 aromatic heterocycles. The normalized spacial score (nSPS) is 12.4. The maximum absolute atomic E-state index is 9.07. The molecule has 0 bridgehead atoms. The van der Waals surface area contributed by atoms with Crippen LogP contribution in [0, 0.1) is 0 Å². The quantitative estimate of drug-likeness (QED) is 0.194. The fourth-order valence-corrected chi connectivity index (χ4v) is 6.81. The first-order valence-electron chi connectivity index (χ1n) is 15.4. The summed E-state index contributed by atoms with van der Waals surface area (Å²) >= 11 is 1.66. The first-order valence-corrected chi connectivity index (χ1v) is 15.3. The third kappa shape index (κ3) is 4.64. The lowest BCUT2D eigenvalue weighted by molar-refractivity contribution is 1.11. The minimum atomic E-state index is -1.64. The molecule has 8 rings (SSSR count). The van der Waals surface area contributed by atoms with Gasteiger partial charge in [0.1, 0.15) is 5.82 Å². The van der Waals surface area contributed by atoms with Gasteiger partial charge in [-0.15, -0.1) is 11.3 Å². The van der Waals surface area contributed by atoms with E-state index in [2.05, 4.69) is 94.9 Å². The van der Waals surface area contributed by atoms with E-state index in [0.29, 0.717) is 11.1 Å². The van der Waals surface area contributed by atoms with Crippen molar-refractivity contribution in [2.75, 3.05) is 0 Å². The SMILES string of the molecule is [2H]C([2H])(c1ccccc1)c1ccc2scc(-c3nc4ccccc4n3-c3c(-c4ccccc4)cccc3-c3ccccc3)c2c1. The molecule has 0 aliphatic rings. The Kier molecular flexibility index (Phi) is 5.89. The highest BCUT2D eigenvalue weighted by Crippen LogP contribution is 2.42. The number of hydrogen-bond acceptors (Lipinski definition) is 2. The molecule has 0 radical (unpaired) electrons. The Labute approximate surface area is 258 Å². The van der Waals surface area contributed by atoms with Crippen LogP contribution in [0.2, 0.25) is 0 Å². The van der Waals surface area contributed by atoms with Gasteiger partial charge in [-0.1, -0.05) is 127 Å². The molecule has 0 unspecified atom stereocenters. The van der Waals surface area contributed by atoms with E-state index in [4.69, 9.17) is 7.73 Å². The predicted molar refractivity (Wildman–Crippen MR) is 182 cm³/mol. The lowest BCUT2D eigenvalue weighted by Gasteiger charge is -2.19. The molecule has 0 atom stereocenters. The van der Waals surface area contributed by atoms with Crippen molar-refractivity contribution in [1.29, 1.82) is 0 Å².